The van der Waals surface area contributed by atoms with Crippen LogP contribution < -0.4 is 14.4 Å². The van der Waals surface area contributed by atoms with Crippen LogP contribution >= 0.6 is 34.2 Å². The minimum Gasteiger partial charge on any atom is -0.497 e. The quantitative estimate of drug-likeness (QED) is 0.295. The third kappa shape index (κ3) is 5.08. The molecule has 4 nitrogen and oxygen atoms in total. The van der Waals surface area contributed by atoms with E-state index in [1.807, 2.05) is 24.3 Å². The van der Waals surface area contributed by atoms with Gasteiger partial charge in [0.2, 0.25) is 0 Å². The van der Waals surface area contributed by atoms with Crippen molar-refractivity contribution in [2.75, 3.05) is 19.1 Å². The smallest absolute Gasteiger partial charge is 0.145 e. The van der Waals surface area contributed by atoms with Gasteiger partial charge in [-0.05, 0) is 76.5 Å². The number of nitrogens with zero attached hydrogens (tertiary/aromatic N) is 2. The summed E-state index contributed by atoms with van der Waals surface area (Å²) in [6.45, 7) is 3.47. The molecule has 0 N–H and O–H groups in total. The first-order chi connectivity index (χ1) is 13.5. The van der Waals surface area contributed by atoms with Gasteiger partial charge in [-0.1, -0.05) is 35.9 Å². The molecule has 0 unspecified atom stereocenters. The van der Waals surface area contributed by atoms with Gasteiger partial charge < -0.3 is 14.4 Å². The number of benzene rings is 2. The van der Waals surface area contributed by atoms with Crippen molar-refractivity contribution in [1.29, 1.82) is 0 Å². The van der Waals surface area contributed by atoms with Gasteiger partial charge in [-0.25, -0.2) is 4.98 Å². The van der Waals surface area contributed by atoms with Gasteiger partial charge in [0, 0.05) is 13.1 Å². The maximum Gasteiger partial charge on any atom is 0.145 e. The van der Waals surface area contributed by atoms with E-state index in [-0.39, 0.29) is 0 Å². The Morgan fingerprint density at radius 1 is 0.893 bits per heavy atom. The van der Waals surface area contributed by atoms with Crippen LogP contribution in [0.3, 0.4) is 0 Å². The summed E-state index contributed by atoms with van der Waals surface area (Å²) in [4.78, 5) is 6.85. The molecule has 0 aliphatic heterocycles. The van der Waals surface area contributed by atoms with Crippen LogP contribution in [0.5, 0.6) is 11.5 Å². The number of hydrogen-bond donors (Lipinski definition) is 0. The molecule has 0 aliphatic carbocycles. The summed E-state index contributed by atoms with van der Waals surface area (Å²) < 4.78 is 11.5. The van der Waals surface area contributed by atoms with Gasteiger partial charge in [0.05, 0.1) is 17.8 Å². The van der Waals surface area contributed by atoms with Crippen molar-refractivity contribution in [2.45, 2.75) is 20.0 Å². The summed E-state index contributed by atoms with van der Waals surface area (Å²) >= 11 is 8.60. The van der Waals surface area contributed by atoms with E-state index in [1.54, 1.807) is 14.2 Å². The first kappa shape index (κ1) is 20.7. The zero-order valence-corrected chi connectivity index (χ0v) is 19.0. The van der Waals surface area contributed by atoms with Crippen molar-refractivity contribution in [3.63, 3.8) is 0 Å². The van der Waals surface area contributed by atoms with E-state index < -0.39 is 0 Å². The minimum atomic E-state index is 0.532. The highest BCUT2D eigenvalue weighted by Crippen LogP contribution is 2.27. The van der Waals surface area contributed by atoms with Gasteiger partial charge in [-0.3, -0.25) is 0 Å². The standard InChI is InChI=1S/C22H22ClIN2O2/c1-15-12-20(25-22(23)21(15)24)26(13-16-4-8-18(27-2)9-5-16)14-17-6-10-19(28-3)11-7-17/h4-12H,13-14H2,1-3H3. The Bertz CT molecular complexity index is 858. The summed E-state index contributed by atoms with van der Waals surface area (Å²) in [5.41, 5.74) is 3.46. The zero-order chi connectivity index (χ0) is 20.1. The van der Waals surface area contributed by atoms with Crippen LogP contribution in [0.25, 0.3) is 0 Å². The lowest BCUT2D eigenvalue weighted by Crippen LogP contribution is -2.23. The van der Waals surface area contributed by atoms with Gasteiger partial charge in [0.15, 0.2) is 0 Å². The Balaban J connectivity index is 1.92. The van der Waals surface area contributed by atoms with Gasteiger partial charge in [0.25, 0.3) is 0 Å². The van der Waals surface area contributed by atoms with Crippen molar-refractivity contribution in [3.8, 4) is 11.5 Å². The van der Waals surface area contributed by atoms with Crippen molar-refractivity contribution in [3.05, 3.63) is 80.0 Å². The van der Waals surface area contributed by atoms with Crippen LogP contribution in [0, 0.1) is 10.5 Å². The second kappa shape index (κ2) is 9.47. The zero-order valence-electron chi connectivity index (χ0n) is 16.1. The van der Waals surface area contributed by atoms with Crippen LogP contribution in [0.2, 0.25) is 5.15 Å². The lowest BCUT2D eigenvalue weighted by atomic mass is 10.1. The molecule has 3 aromatic rings. The molecular weight excluding hydrogens is 487 g/mol. The molecule has 0 radical (unpaired) electrons. The first-order valence-electron chi connectivity index (χ1n) is 8.83. The van der Waals surface area contributed by atoms with Gasteiger partial charge in [-0.2, -0.15) is 0 Å². The van der Waals surface area contributed by atoms with Crippen LogP contribution in [0.4, 0.5) is 5.82 Å². The molecule has 2 aromatic carbocycles. The maximum atomic E-state index is 6.37. The Morgan fingerprint density at radius 2 is 1.36 bits per heavy atom. The Labute approximate surface area is 184 Å². The van der Waals surface area contributed by atoms with E-state index >= 15 is 0 Å². The van der Waals surface area contributed by atoms with E-state index in [0.717, 1.165) is 26.5 Å². The third-order valence-electron chi connectivity index (χ3n) is 4.47. The number of pyridine rings is 1. The highest BCUT2D eigenvalue weighted by Gasteiger charge is 2.14. The molecule has 0 saturated carbocycles. The SMILES string of the molecule is COc1ccc(CN(Cc2ccc(OC)cc2)c2cc(C)c(I)c(Cl)n2)cc1. The molecule has 0 fully saturated rings. The fourth-order valence-electron chi connectivity index (χ4n) is 2.88. The van der Waals surface area contributed by atoms with Crippen molar-refractivity contribution in [2.24, 2.45) is 0 Å². The van der Waals surface area contributed by atoms with E-state index in [2.05, 4.69) is 69.7 Å². The number of hydrogen-bond acceptors (Lipinski definition) is 4. The summed E-state index contributed by atoms with van der Waals surface area (Å²) in [5.74, 6) is 2.54. The molecule has 6 heteroatoms. The molecule has 0 atom stereocenters. The number of ether oxygens (including phenoxy) is 2. The molecule has 28 heavy (non-hydrogen) atoms. The molecular formula is C22H22ClIN2O2. The number of aryl methyl sites for hydroxylation is 1. The molecule has 146 valence electrons. The maximum absolute atomic E-state index is 6.37. The highest BCUT2D eigenvalue weighted by molar-refractivity contribution is 14.1. The number of rotatable bonds is 7. The lowest BCUT2D eigenvalue weighted by Gasteiger charge is -2.25. The molecule has 3 rings (SSSR count). The van der Waals surface area contributed by atoms with Crippen LogP contribution in [0.15, 0.2) is 54.6 Å². The first-order valence-corrected chi connectivity index (χ1v) is 10.3. The number of methoxy groups -OCH3 is 2. The Kier molecular flexibility index (Phi) is 7.02. The molecule has 1 aromatic heterocycles. The Morgan fingerprint density at radius 3 is 1.75 bits per heavy atom. The monoisotopic (exact) mass is 508 g/mol. The fraction of sp³-hybridized carbons (Fsp3) is 0.227. The second-order valence-electron chi connectivity index (χ2n) is 6.45. The van der Waals surface area contributed by atoms with Gasteiger partial charge in [-0.15, -0.1) is 0 Å². The number of anilines is 1. The van der Waals surface area contributed by atoms with Crippen molar-refractivity contribution in [1.82, 2.24) is 4.98 Å². The van der Waals surface area contributed by atoms with E-state index in [0.29, 0.717) is 18.2 Å². The van der Waals surface area contributed by atoms with Crippen LogP contribution in [-0.4, -0.2) is 19.2 Å². The van der Waals surface area contributed by atoms with Gasteiger partial charge in [0.1, 0.15) is 22.5 Å². The largest absolute Gasteiger partial charge is 0.497 e. The molecule has 0 spiro atoms. The summed E-state index contributed by atoms with van der Waals surface area (Å²) in [6, 6.07) is 18.3. The molecule has 0 saturated heterocycles. The average Bonchev–Trinajstić information content (AvgIpc) is 2.72. The molecule has 0 bridgehead atoms. The molecule has 1 heterocycles. The normalized spacial score (nSPS) is 10.6. The average molecular weight is 509 g/mol. The summed E-state index contributed by atoms with van der Waals surface area (Å²) in [7, 11) is 3.34. The van der Waals surface area contributed by atoms with Crippen molar-refractivity contribution < 1.29 is 9.47 Å². The predicted octanol–water partition coefficient (Wildman–Crippen LogP) is 5.87. The molecule has 0 aliphatic rings. The van der Waals surface area contributed by atoms with Gasteiger partial charge >= 0.3 is 0 Å². The topological polar surface area (TPSA) is 34.6 Å². The number of halogens is 2. The molecule has 0 amide bonds. The van der Waals surface area contributed by atoms with Crippen molar-refractivity contribution >= 4 is 40.0 Å². The lowest BCUT2D eigenvalue weighted by molar-refractivity contribution is 0.414. The van der Waals surface area contributed by atoms with E-state index in [1.165, 1.54) is 11.1 Å². The fourth-order valence-corrected chi connectivity index (χ4v) is 3.40. The van der Waals surface area contributed by atoms with Crippen LogP contribution in [-0.2, 0) is 13.1 Å². The third-order valence-corrected chi connectivity index (χ3v) is 6.43. The highest BCUT2D eigenvalue weighted by atomic mass is 127. The summed E-state index contributed by atoms with van der Waals surface area (Å²) in [6.07, 6.45) is 0. The summed E-state index contributed by atoms with van der Waals surface area (Å²) in [5, 5.41) is 0.532. The minimum absolute atomic E-state index is 0.532. The Hall–Kier alpha value is -1.99. The van der Waals surface area contributed by atoms with E-state index in [4.69, 9.17) is 21.1 Å². The second-order valence-corrected chi connectivity index (χ2v) is 7.89. The van der Waals surface area contributed by atoms with E-state index in [9.17, 15) is 0 Å². The number of aromatic nitrogens is 1. The van der Waals surface area contributed by atoms with Crippen LogP contribution in [0.1, 0.15) is 16.7 Å². The predicted molar refractivity (Wildman–Crippen MR) is 123 cm³/mol.